The summed E-state index contributed by atoms with van der Waals surface area (Å²) in [5, 5.41) is 8.48. The Bertz CT molecular complexity index is 248. The van der Waals surface area contributed by atoms with E-state index < -0.39 is 0 Å². The summed E-state index contributed by atoms with van der Waals surface area (Å²) in [5.41, 5.74) is 0. The van der Waals surface area contributed by atoms with E-state index in [1.807, 2.05) is 0 Å². The summed E-state index contributed by atoms with van der Waals surface area (Å²) in [7, 11) is 1.44. The van der Waals surface area contributed by atoms with Gasteiger partial charge in [-0.25, -0.2) is 0 Å². The maximum atomic E-state index is 11.1. The SMILES string of the molecule is COC(=O)C1CC(N=NC2CCC2)C1.Cl. The van der Waals surface area contributed by atoms with E-state index in [1.54, 1.807) is 0 Å². The number of azo groups is 1. The van der Waals surface area contributed by atoms with E-state index in [0.29, 0.717) is 6.04 Å². The zero-order valence-electron chi connectivity index (χ0n) is 8.89. The standard InChI is InChI=1S/C10H16N2O2.ClH/c1-14-10(13)7-5-9(6-7)12-11-8-3-2-4-8;/h7-9H,2-6H2,1H3;1H. The predicted octanol–water partition coefficient (Wildman–Crippen LogP) is 2.36. The quantitative estimate of drug-likeness (QED) is 0.554. The first-order valence-corrected chi connectivity index (χ1v) is 5.27. The molecule has 5 heteroatoms. The fourth-order valence-corrected chi connectivity index (χ4v) is 1.73. The van der Waals surface area contributed by atoms with Crippen molar-refractivity contribution in [2.75, 3.05) is 7.11 Å². The number of methoxy groups -OCH3 is 1. The average molecular weight is 233 g/mol. The molecule has 0 amide bonds. The van der Waals surface area contributed by atoms with Crippen molar-refractivity contribution in [3.05, 3.63) is 0 Å². The van der Waals surface area contributed by atoms with Crippen LogP contribution in [0.5, 0.6) is 0 Å². The lowest BCUT2D eigenvalue weighted by Crippen LogP contribution is -2.34. The van der Waals surface area contributed by atoms with E-state index in [9.17, 15) is 4.79 Å². The van der Waals surface area contributed by atoms with E-state index >= 15 is 0 Å². The van der Waals surface area contributed by atoms with Crippen LogP contribution in [0.3, 0.4) is 0 Å². The zero-order chi connectivity index (χ0) is 9.97. The molecule has 0 spiro atoms. The molecule has 0 aromatic heterocycles. The van der Waals surface area contributed by atoms with Crippen LogP contribution < -0.4 is 0 Å². The first-order chi connectivity index (χ1) is 6.79. The molecular formula is C10H17ClN2O2. The molecule has 0 saturated heterocycles. The highest BCUT2D eigenvalue weighted by molar-refractivity contribution is 5.85. The van der Waals surface area contributed by atoms with Gasteiger partial charge in [-0.2, -0.15) is 10.2 Å². The Kier molecular flexibility index (Phi) is 4.51. The van der Waals surface area contributed by atoms with Gasteiger partial charge in [-0.05, 0) is 32.1 Å². The van der Waals surface area contributed by atoms with Gasteiger partial charge in [0.25, 0.3) is 0 Å². The van der Waals surface area contributed by atoms with Crippen LogP contribution in [0.25, 0.3) is 0 Å². The summed E-state index contributed by atoms with van der Waals surface area (Å²) in [6.07, 6.45) is 5.32. The lowest BCUT2D eigenvalue weighted by molar-refractivity contribution is -0.148. The van der Waals surface area contributed by atoms with Gasteiger partial charge in [0.2, 0.25) is 0 Å². The van der Waals surface area contributed by atoms with E-state index in [-0.39, 0.29) is 30.3 Å². The number of hydrogen-bond acceptors (Lipinski definition) is 4. The highest BCUT2D eigenvalue weighted by Gasteiger charge is 2.35. The molecule has 2 saturated carbocycles. The molecule has 0 heterocycles. The molecule has 0 bridgehead atoms. The predicted molar refractivity (Wildman–Crippen MR) is 58.3 cm³/mol. The van der Waals surface area contributed by atoms with Crippen LogP contribution in [0.1, 0.15) is 32.1 Å². The Labute approximate surface area is 95.9 Å². The van der Waals surface area contributed by atoms with Crippen LogP contribution >= 0.6 is 12.4 Å². The number of ether oxygens (including phenoxy) is 1. The Morgan fingerprint density at radius 3 is 2.27 bits per heavy atom. The van der Waals surface area contributed by atoms with Gasteiger partial charge in [-0.15, -0.1) is 12.4 Å². The molecule has 0 aromatic carbocycles. The zero-order valence-corrected chi connectivity index (χ0v) is 9.70. The largest absolute Gasteiger partial charge is 0.469 e. The molecule has 4 nitrogen and oxygen atoms in total. The van der Waals surface area contributed by atoms with Crippen molar-refractivity contribution in [1.29, 1.82) is 0 Å². The molecule has 0 atom stereocenters. The highest BCUT2D eigenvalue weighted by atomic mass is 35.5. The van der Waals surface area contributed by atoms with Gasteiger partial charge in [0, 0.05) is 0 Å². The lowest BCUT2D eigenvalue weighted by Gasteiger charge is -2.30. The number of carbonyl (C=O) groups is 1. The fraction of sp³-hybridized carbons (Fsp3) is 0.900. The van der Waals surface area contributed by atoms with Crippen molar-refractivity contribution in [3.63, 3.8) is 0 Å². The van der Waals surface area contributed by atoms with Gasteiger partial charge >= 0.3 is 5.97 Å². The van der Waals surface area contributed by atoms with Crippen LogP contribution in [0, 0.1) is 5.92 Å². The summed E-state index contributed by atoms with van der Waals surface area (Å²) in [6.45, 7) is 0. The third-order valence-electron chi connectivity index (χ3n) is 3.12. The Hall–Kier alpha value is -0.640. The molecule has 2 aliphatic carbocycles. The molecule has 2 aliphatic rings. The van der Waals surface area contributed by atoms with Gasteiger partial charge in [0.1, 0.15) is 0 Å². The molecule has 15 heavy (non-hydrogen) atoms. The average Bonchev–Trinajstić information content (AvgIpc) is 2.04. The second-order valence-electron chi connectivity index (χ2n) is 4.16. The fourth-order valence-electron chi connectivity index (χ4n) is 1.73. The minimum atomic E-state index is -0.0971. The second-order valence-corrected chi connectivity index (χ2v) is 4.16. The van der Waals surface area contributed by atoms with Crippen LogP contribution in [0.15, 0.2) is 10.2 Å². The normalized spacial score (nSPS) is 30.2. The molecular weight excluding hydrogens is 216 g/mol. The Balaban J connectivity index is 0.00000112. The van der Waals surface area contributed by atoms with E-state index in [4.69, 9.17) is 0 Å². The van der Waals surface area contributed by atoms with Crippen LogP contribution in [0.2, 0.25) is 0 Å². The number of rotatable bonds is 3. The van der Waals surface area contributed by atoms with Crippen LogP contribution in [0.4, 0.5) is 0 Å². The van der Waals surface area contributed by atoms with Crippen molar-refractivity contribution in [2.24, 2.45) is 16.1 Å². The minimum absolute atomic E-state index is 0. The van der Waals surface area contributed by atoms with E-state index in [2.05, 4.69) is 15.0 Å². The number of esters is 1. The summed E-state index contributed by atoms with van der Waals surface area (Å²) in [6, 6.07) is 0.756. The molecule has 0 unspecified atom stereocenters. The van der Waals surface area contributed by atoms with Crippen molar-refractivity contribution >= 4 is 18.4 Å². The number of nitrogens with zero attached hydrogens (tertiary/aromatic N) is 2. The van der Waals surface area contributed by atoms with Crippen LogP contribution in [-0.2, 0) is 9.53 Å². The smallest absolute Gasteiger partial charge is 0.308 e. The summed E-state index contributed by atoms with van der Waals surface area (Å²) in [5.74, 6) is -0.0227. The first kappa shape index (κ1) is 12.4. The third-order valence-corrected chi connectivity index (χ3v) is 3.12. The minimum Gasteiger partial charge on any atom is -0.469 e. The maximum absolute atomic E-state index is 11.1. The summed E-state index contributed by atoms with van der Waals surface area (Å²) in [4.78, 5) is 11.1. The maximum Gasteiger partial charge on any atom is 0.308 e. The second kappa shape index (κ2) is 5.45. The molecule has 0 N–H and O–H groups in total. The Morgan fingerprint density at radius 2 is 1.80 bits per heavy atom. The number of hydrogen-bond donors (Lipinski definition) is 0. The van der Waals surface area contributed by atoms with Gasteiger partial charge < -0.3 is 4.74 Å². The van der Waals surface area contributed by atoms with Crippen molar-refractivity contribution in [1.82, 2.24) is 0 Å². The molecule has 2 fully saturated rings. The van der Waals surface area contributed by atoms with Gasteiger partial charge in [-0.1, -0.05) is 0 Å². The third kappa shape index (κ3) is 2.91. The Morgan fingerprint density at radius 1 is 1.20 bits per heavy atom. The molecule has 86 valence electrons. The van der Waals surface area contributed by atoms with Gasteiger partial charge in [0.05, 0.1) is 25.1 Å². The van der Waals surface area contributed by atoms with E-state index in [0.717, 1.165) is 12.8 Å². The summed E-state index contributed by atoms with van der Waals surface area (Å²) < 4.78 is 4.65. The molecule has 0 aliphatic heterocycles. The molecule has 2 rings (SSSR count). The lowest BCUT2D eigenvalue weighted by atomic mass is 9.81. The molecule has 0 radical (unpaired) electrons. The number of carbonyl (C=O) groups excluding carboxylic acids is 1. The van der Waals surface area contributed by atoms with Crippen molar-refractivity contribution in [2.45, 2.75) is 44.2 Å². The molecule has 0 aromatic rings. The summed E-state index contributed by atoms with van der Waals surface area (Å²) >= 11 is 0. The topological polar surface area (TPSA) is 51.0 Å². The van der Waals surface area contributed by atoms with Crippen molar-refractivity contribution in [3.8, 4) is 0 Å². The van der Waals surface area contributed by atoms with Crippen molar-refractivity contribution < 1.29 is 9.53 Å². The number of halogens is 1. The van der Waals surface area contributed by atoms with Gasteiger partial charge in [0.15, 0.2) is 0 Å². The monoisotopic (exact) mass is 232 g/mol. The van der Waals surface area contributed by atoms with Crippen LogP contribution in [-0.4, -0.2) is 25.2 Å². The first-order valence-electron chi connectivity index (χ1n) is 5.27. The van der Waals surface area contributed by atoms with Gasteiger partial charge in [-0.3, -0.25) is 4.79 Å². The highest BCUT2D eigenvalue weighted by Crippen LogP contribution is 2.32. The van der Waals surface area contributed by atoms with E-state index in [1.165, 1.54) is 26.4 Å².